The number of hydrogen-bond acceptors (Lipinski definition) is 3. The molecule has 0 saturated heterocycles. The number of aliphatic hydroxyl groups is 1. The summed E-state index contributed by atoms with van der Waals surface area (Å²) in [5.74, 6) is 1.15. The van der Waals surface area contributed by atoms with Crippen LogP contribution in [0, 0.1) is 5.41 Å². The number of hydrogen-bond donors (Lipinski definition) is 3. The third kappa shape index (κ3) is 4.52. The molecule has 2 aliphatic rings. The zero-order valence-electron chi connectivity index (χ0n) is 13.4. The van der Waals surface area contributed by atoms with Gasteiger partial charge in [0, 0.05) is 22.7 Å². The Morgan fingerprint density at radius 2 is 2.10 bits per heavy atom. The molecule has 0 spiro atoms. The molecule has 0 aromatic carbocycles. The number of amides is 2. The van der Waals surface area contributed by atoms with Crippen molar-refractivity contribution in [2.75, 3.05) is 12.4 Å². The van der Waals surface area contributed by atoms with Gasteiger partial charge in [-0.05, 0) is 37.9 Å². The zero-order valence-corrected chi connectivity index (χ0v) is 14.2. The molecule has 2 fully saturated rings. The molecule has 5 heteroatoms. The van der Waals surface area contributed by atoms with Crippen molar-refractivity contribution in [3.05, 3.63) is 0 Å². The zero-order chi connectivity index (χ0) is 15.3. The Morgan fingerprint density at radius 3 is 2.81 bits per heavy atom. The summed E-state index contributed by atoms with van der Waals surface area (Å²) in [4.78, 5) is 12.2. The van der Waals surface area contributed by atoms with Gasteiger partial charge >= 0.3 is 6.03 Å². The van der Waals surface area contributed by atoms with Crippen molar-refractivity contribution < 1.29 is 9.90 Å². The van der Waals surface area contributed by atoms with Crippen LogP contribution < -0.4 is 10.6 Å². The molecule has 2 amide bonds. The van der Waals surface area contributed by atoms with Gasteiger partial charge in [-0.15, -0.1) is 0 Å². The van der Waals surface area contributed by atoms with E-state index in [9.17, 15) is 9.90 Å². The van der Waals surface area contributed by atoms with Crippen molar-refractivity contribution in [3.8, 4) is 0 Å². The Hall–Kier alpha value is -0.420. The average Bonchev–Trinajstić information content (AvgIpc) is 2.81. The lowest BCUT2D eigenvalue weighted by Crippen LogP contribution is -2.51. The van der Waals surface area contributed by atoms with Crippen molar-refractivity contribution in [1.82, 2.24) is 10.6 Å². The molecular weight excluding hydrogens is 284 g/mol. The molecule has 2 rings (SSSR count). The van der Waals surface area contributed by atoms with Gasteiger partial charge in [0.15, 0.2) is 0 Å². The van der Waals surface area contributed by atoms with Crippen molar-refractivity contribution in [1.29, 1.82) is 0 Å². The van der Waals surface area contributed by atoms with Crippen LogP contribution in [-0.4, -0.2) is 40.8 Å². The Morgan fingerprint density at radius 1 is 1.29 bits per heavy atom. The summed E-state index contributed by atoms with van der Waals surface area (Å²) in [6, 6.07) is 0.366. The third-order valence-corrected chi connectivity index (χ3v) is 6.35. The van der Waals surface area contributed by atoms with Crippen LogP contribution in [0.1, 0.15) is 58.8 Å². The topological polar surface area (TPSA) is 61.4 Å². The van der Waals surface area contributed by atoms with Crippen molar-refractivity contribution in [2.24, 2.45) is 5.41 Å². The van der Waals surface area contributed by atoms with Gasteiger partial charge in [0.05, 0.1) is 6.61 Å². The SMILES string of the molecule is CCSC1CCCC(NC(=O)NC2CCCC2(C)CO)C1. The van der Waals surface area contributed by atoms with Crippen LogP contribution in [0.25, 0.3) is 0 Å². The van der Waals surface area contributed by atoms with E-state index in [0.29, 0.717) is 11.3 Å². The maximum atomic E-state index is 12.2. The Labute approximate surface area is 132 Å². The molecule has 4 nitrogen and oxygen atoms in total. The van der Waals surface area contributed by atoms with E-state index < -0.39 is 0 Å². The van der Waals surface area contributed by atoms with Crippen LogP contribution in [0.5, 0.6) is 0 Å². The number of urea groups is 1. The fraction of sp³-hybridized carbons (Fsp3) is 0.938. The fourth-order valence-corrected chi connectivity index (χ4v) is 4.89. The highest BCUT2D eigenvalue weighted by atomic mass is 32.2. The molecule has 4 unspecified atom stereocenters. The van der Waals surface area contributed by atoms with Crippen LogP contribution in [-0.2, 0) is 0 Å². The molecule has 0 bridgehead atoms. The second-order valence-electron chi connectivity index (χ2n) is 6.82. The van der Waals surface area contributed by atoms with Gasteiger partial charge in [0.2, 0.25) is 0 Å². The number of carbonyl (C=O) groups is 1. The summed E-state index contributed by atoms with van der Waals surface area (Å²) in [7, 11) is 0. The molecule has 4 atom stereocenters. The van der Waals surface area contributed by atoms with Crippen molar-refractivity contribution in [2.45, 2.75) is 76.1 Å². The van der Waals surface area contributed by atoms with Crippen molar-refractivity contribution >= 4 is 17.8 Å². The van der Waals surface area contributed by atoms with Gasteiger partial charge in [0.25, 0.3) is 0 Å². The lowest BCUT2D eigenvalue weighted by atomic mass is 9.86. The first-order valence-corrected chi connectivity index (χ1v) is 9.41. The summed E-state index contributed by atoms with van der Waals surface area (Å²) < 4.78 is 0. The Kier molecular flexibility index (Phi) is 6.23. The first-order valence-electron chi connectivity index (χ1n) is 8.37. The van der Waals surface area contributed by atoms with Crippen LogP contribution >= 0.6 is 11.8 Å². The number of aliphatic hydroxyl groups excluding tert-OH is 1. The van der Waals surface area contributed by atoms with Gasteiger partial charge in [-0.25, -0.2) is 4.79 Å². The van der Waals surface area contributed by atoms with E-state index in [1.807, 2.05) is 11.8 Å². The molecule has 122 valence electrons. The summed E-state index contributed by atoms with van der Waals surface area (Å²) >= 11 is 2.01. The summed E-state index contributed by atoms with van der Waals surface area (Å²) in [6.45, 7) is 4.42. The smallest absolute Gasteiger partial charge is 0.315 e. The summed E-state index contributed by atoms with van der Waals surface area (Å²) in [5.41, 5.74) is -0.148. The second kappa shape index (κ2) is 7.73. The molecule has 0 aromatic heterocycles. The van der Waals surface area contributed by atoms with Crippen LogP contribution in [0.4, 0.5) is 4.79 Å². The fourth-order valence-electron chi connectivity index (χ4n) is 3.72. The lowest BCUT2D eigenvalue weighted by Gasteiger charge is -2.32. The van der Waals surface area contributed by atoms with E-state index in [1.54, 1.807) is 0 Å². The van der Waals surface area contributed by atoms with Gasteiger partial charge in [-0.2, -0.15) is 11.8 Å². The molecule has 2 aliphatic carbocycles. The van der Waals surface area contributed by atoms with E-state index >= 15 is 0 Å². The van der Waals surface area contributed by atoms with Gasteiger partial charge in [-0.3, -0.25) is 0 Å². The van der Waals surface area contributed by atoms with Crippen LogP contribution in [0.15, 0.2) is 0 Å². The molecule has 2 saturated carbocycles. The largest absolute Gasteiger partial charge is 0.396 e. The van der Waals surface area contributed by atoms with Gasteiger partial charge in [0.1, 0.15) is 0 Å². The monoisotopic (exact) mass is 314 g/mol. The number of rotatable bonds is 5. The molecule has 0 heterocycles. The number of nitrogens with one attached hydrogen (secondary N) is 2. The standard InChI is InChI=1S/C16H30N2O2S/c1-3-21-13-7-4-6-12(10-13)17-15(20)18-14-8-5-9-16(14,2)11-19/h12-14,19H,3-11H2,1-2H3,(H2,17,18,20). The van der Waals surface area contributed by atoms with E-state index in [0.717, 1.165) is 37.9 Å². The van der Waals surface area contributed by atoms with E-state index in [1.165, 1.54) is 12.8 Å². The highest BCUT2D eigenvalue weighted by molar-refractivity contribution is 7.99. The van der Waals surface area contributed by atoms with Gasteiger partial charge in [-0.1, -0.05) is 26.7 Å². The highest BCUT2D eigenvalue weighted by Crippen LogP contribution is 2.37. The maximum absolute atomic E-state index is 12.2. The molecular formula is C16H30N2O2S. The predicted octanol–water partition coefficient (Wildman–Crippen LogP) is 2.90. The highest BCUT2D eigenvalue weighted by Gasteiger charge is 2.39. The van der Waals surface area contributed by atoms with Crippen LogP contribution in [0.3, 0.4) is 0 Å². The first-order chi connectivity index (χ1) is 10.1. The first kappa shape index (κ1) is 16.9. The maximum Gasteiger partial charge on any atom is 0.315 e. The quantitative estimate of drug-likeness (QED) is 0.731. The van der Waals surface area contributed by atoms with E-state index in [2.05, 4.69) is 24.5 Å². The van der Waals surface area contributed by atoms with Crippen molar-refractivity contribution in [3.63, 3.8) is 0 Å². The second-order valence-corrected chi connectivity index (χ2v) is 8.39. The molecule has 0 aromatic rings. The summed E-state index contributed by atoms with van der Waals surface area (Å²) in [6.07, 6.45) is 7.73. The summed E-state index contributed by atoms with van der Waals surface area (Å²) in [5, 5.41) is 16.5. The van der Waals surface area contributed by atoms with Crippen LogP contribution in [0.2, 0.25) is 0 Å². The normalized spacial score (nSPS) is 36.4. The van der Waals surface area contributed by atoms with Gasteiger partial charge < -0.3 is 15.7 Å². The minimum atomic E-state index is -0.148. The Balaban J connectivity index is 1.79. The molecule has 3 N–H and O–H groups in total. The molecule has 0 aliphatic heterocycles. The number of thioether (sulfide) groups is 1. The van der Waals surface area contributed by atoms with E-state index in [4.69, 9.17) is 0 Å². The van der Waals surface area contributed by atoms with E-state index in [-0.39, 0.29) is 24.1 Å². The minimum Gasteiger partial charge on any atom is -0.396 e. The molecule has 21 heavy (non-hydrogen) atoms. The number of carbonyl (C=O) groups excluding carboxylic acids is 1. The Bertz CT molecular complexity index is 351. The lowest BCUT2D eigenvalue weighted by molar-refractivity contribution is 0.120. The average molecular weight is 314 g/mol. The molecule has 0 radical (unpaired) electrons. The third-order valence-electron chi connectivity index (χ3n) is 5.11. The predicted molar refractivity (Wildman–Crippen MR) is 88.7 cm³/mol. The minimum absolute atomic E-state index is 0.0475.